The molecule has 0 amide bonds. The highest BCUT2D eigenvalue weighted by Crippen LogP contribution is 2.17. The Morgan fingerprint density at radius 1 is 1.29 bits per heavy atom. The molecule has 0 fully saturated rings. The second kappa shape index (κ2) is 5.54. The lowest BCUT2D eigenvalue weighted by molar-refractivity contribution is -0.112. The van der Waals surface area contributed by atoms with E-state index in [0.29, 0.717) is 0 Å². The number of benzene rings is 1. The first-order valence-electron chi connectivity index (χ1n) is 4.86. The van der Waals surface area contributed by atoms with Gasteiger partial charge in [0.2, 0.25) is 10.0 Å². The van der Waals surface area contributed by atoms with E-state index in [-0.39, 0.29) is 10.7 Å². The zero-order chi connectivity index (χ0) is 13.1. The lowest BCUT2D eigenvalue weighted by atomic mass is 10.2. The quantitative estimate of drug-likeness (QED) is 0.618. The first-order valence-corrected chi connectivity index (χ1v) is 6.82. The number of hydrogen-bond acceptors (Lipinski definition) is 3. The van der Waals surface area contributed by atoms with Crippen LogP contribution < -0.4 is 0 Å². The number of ketones is 1. The normalized spacial score (nSPS) is 12.2. The molecule has 0 saturated heterocycles. The number of nitrogens with zero attached hydrogens (tertiary/aromatic N) is 1. The average molecular weight is 271 g/mol. The summed E-state index contributed by atoms with van der Waals surface area (Å²) >= 11 is 0. The van der Waals surface area contributed by atoms with Crippen LogP contribution in [0.3, 0.4) is 0 Å². The van der Waals surface area contributed by atoms with Crippen LogP contribution in [0.5, 0.6) is 0 Å². The topological polar surface area (TPSA) is 54.5 Å². The summed E-state index contributed by atoms with van der Waals surface area (Å²) in [6, 6.07) is 6.33. The molecule has 0 N–H and O–H groups in total. The zero-order valence-corrected chi connectivity index (χ0v) is 11.6. The molecule has 1 atom stereocenters. The first-order chi connectivity index (χ1) is 7.84. The molecule has 0 aromatic heterocycles. The largest absolute Gasteiger partial charge is 0.295 e. The zero-order valence-electron chi connectivity index (χ0n) is 9.62. The van der Waals surface area contributed by atoms with Gasteiger partial charge in [-0.2, -0.15) is 4.08 Å². The molecule has 0 heterocycles. The van der Waals surface area contributed by atoms with Crippen molar-refractivity contribution in [2.45, 2.75) is 11.8 Å². The Morgan fingerprint density at radius 3 is 2.24 bits per heavy atom. The number of rotatable bonds is 4. The minimum absolute atomic E-state index is 0.0496. The predicted octanol–water partition coefficient (Wildman–Crippen LogP) is 1.70. The molecular formula is C11H14NO3PS. The van der Waals surface area contributed by atoms with Crippen molar-refractivity contribution in [2.75, 3.05) is 7.05 Å². The fourth-order valence-electron chi connectivity index (χ4n) is 1.13. The smallest absolute Gasteiger partial charge is 0.245 e. The molecule has 1 aromatic carbocycles. The van der Waals surface area contributed by atoms with Gasteiger partial charge >= 0.3 is 0 Å². The van der Waals surface area contributed by atoms with Crippen LogP contribution in [0.1, 0.15) is 12.5 Å². The monoisotopic (exact) mass is 271 g/mol. The number of allylic oxidation sites excluding steroid dienone is 1. The molecule has 17 heavy (non-hydrogen) atoms. The number of carbonyl (C=O) groups is 1. The summed E-state index contributed by atoms with van der Waals surface area (Å²) in [6.45, 7) is 1.46. The average Bonchev–Trinajstić information content (AvgIpc) is 2.26. The highest BCUT2D eigenvalue weighted by molar-refractivity contribution is 7.91. The van der Waals surface area contributed by atoms with Gasteiger partial charge in [0.15, 0.2) is 5.78 Å². The van der Waals surface area contributed by atoms with Crippen molar-refractivity contribution < 1.29 is 13.2 Å². The highest BCUT2D eigenvalue weighted by Gasteiger charge is 2.16. The first kappa shape index (κ1) is 14.0. The van der Waals surface area contributed by atoms with Crippen molar-refractivity contribution in [2.24, 2.45) is 0 Å². The molecule has 4 nitrogen and oxygen atoms in total. The van der Waals surface area contributed by atoms with Gasteiger partial charge in [0.05, 0.1) is 4.90 Å². The lowest BCUT2D eigenvalue weighted by Crippen LogP contribution is -2.16. The summed E-state index contributed by atoms with van der Waals surface area (Å²) in [5.41, 5.74) is 0.783. The van der Waals surface area contributed by atoms with E-state index < -0.39 is 10.0 Å². The van der Waals surface area contributed by atoms with Gasteiger partial charge in [-0.05, 0) is 40.1 Å². The van der Waals surface area contributed by atoms with Crippen molar-refractivity contribution in [1.82, 2.24) is 4.08 Å². The van der Waals surface area contributed by atoms with Crippen LogP contribution in [0.4, 0.5) is 0 Å². The third-order valence-corrected chi connectivity index (χ3v) is 4.53. The van der Waals surface area contributed by atoms with Gasteiger partial charge < -0.3 is 0 Å². The number of sulfonamides is 1. The molecule has 0 radical (unpaired) electrons. The van der Waals surface area contributed by atoms with E-state index in [4.69, 9.17) is 0 Å². The molecule has 0 aliphatic heterocycles. The summed E-state index contributed by atoms with van der Waals surface area (Å²) in [5, 5.41) is 0. The summed E-state index contributed by atoms with van der Waals surface area (Å²) in [7, 11) is 0.137. The second-order valence-corrected chi connectivity index (χ2v) is 6.68. The fraction of sp³-hybridized carbons (Fsp3) is 0.182. The van der Waals surface area contributed by atoms with Crippen LogP contribution in [-0.4, -0.2) is 25.3 Å². The van der Waals surface area contributed by atoms with Crippen molar-refractivity contribution in [3.8, 4) is 0 Å². The third-order valence-electron chi connectivity index (χ3n) is 2.07. The Balaban J connectivity index is 3.01. The molecular weight excluding hydrogens is 257 g/mol. The Morgan fingerprint density at radius 2 is 1.82 bits per heavy atom. The van der Waals surface area contributed by atoms with Gasteiger partial charge in [0, 0.05) is 7.05 Å². The van der Waals surface area contributed by atoms with E-state index in [1.807, 2.05) is 0 Å². The maximum Gasteiger partial charge on any atom is 0.245 e. The molecule has 0 aliphatic rings. The SMILES string of the molecule is CC(=O)/C=C/c1ccc(S(=O)(=O)N(C)P)cc1. The van der Waals surface area contributed by atoms with Crippen molar-refractivity contribution >= 4 is 31.3 Å². The van der Waals surface area contributed by atoms with E-state index >= 15 is 0 Å². The second-order valence-electron chi connectivity index (χ2n) is 3.53. The maximum atomic E-state index is 11.7. The summed E-state index contributed by atoms with van der Waals surface area (Å²) in [5.74, 6) is -0.0496. The van der Waals surface area contributed by atoms with Crippen LogP contribution in [0.2, 0.25) is 0 Å². The molecule has 0 aliphatic carbocycles. The lowest BCUT2D eigenvalue weighted by Gasteiger charge is -2.10. The molecule has 1 rings (SSSR count). The molecule has 92 valence electrons. The summed E-state index contributed by atoms with van der Waals surface area (Å²) < 4.78 is 24.6. The van der Waals surface area contributed by atoms with E-state index in [1.54, 1.807) is 18.2 Å². The highest BCUT2D eigenvalue weighted by atomic mass is 32.2. The van der Waals surface area contributed by atoms with E-state index in [0.717, 1.165) is 9.64 Å². The van der Waals surface area contributed by atoms with Crippen LogP contribution in [0, 0.1) is 0 Å². The minimum Gasteiger partial charge on any atom is -0.295 e. The van der Waals surface area contributed by atoms with Gasteiger partial charge in [0.25, 0.3) is 0 Å². The Labute approximate surface area is 104 Å². The predicted molar refractivity (Wildman–Crippen MR) is 70.8 cm³/mol. The van der Waals surface area contributed by atoms with Crippen LogP contribution in [0.15, 0.2) is 35.2 Å². The van der Waals surface area contributed by atoms with E-state index in [9.17, 15) is 13.2 Å². The van der Waals surface area contributed by atoms with E-state index in [2.05, 4.69) is 9.39 Å². The summed E-state index contributed by atoms with van der Waals surface area (Å²) in [4.78, 5) is 11.0. The van der Waals surface area contributed by atoms with Gasteiger partial charge in [0.1, 0.15) is 0 Å². The number of hydrogen-bond donors (Lipinski definition) is 0. The Kier molecular flexibility index (Phi) is 4.57. The molecule has 0 bridgehead atoms. The van der Waals surface area contributed by atoms with Gasteiger partial charge in [-0.3, -0.25) is 4.79 Å². The number of carbonyl (C=O) groups excluding carboxylic acids is 1. The van der Waals surface area contributed by atoms with Crippen molar-refractivity contribution in [1.29, 1.82) is 0 Å². The maximum absolute atomic E-state index is 11.7. The Hall–Kier alpha value is -1.03. The standard InChI is InChI=1S/C11H14NO3PS/c1-9(13)3-4-10-5-7-11(8-6-10)17(14,15)12(2)16/h3-8H,16H2,1-2H3/b4-3+. The minimum atomic E-state index is -3.42. The van der Waals surface area contributed by atoms with Crippen LogP contribution in [0.25, 0.3) is 6.08 Å². The molecule has 6 heteroatoms. The molecule has 0 spiro atoms. The van der Waals surface area contributed by atoms with E-state index in [1.165, 1.54) is 32.2 Å². The van der Waals surface area contributed by atoms with Gasteiger partial charge in [-0.1, -0.05) is 18.2 Å². The molecule has 1 aromatic rings. The fourth-order valence-corrected chi connectivity index (χ4v) is 2.31. The molecule has 1 unspecified atom stereocenters. The van der Waals surface area contributed by atoms with Crippen LogP contribution in [-0.2, 0) is 14.8 Å². The van der Waals surface area contributed by atoms with Crippen molar-refractivity contribution in [3.05, 3.63) is 35.9 Å². The Bertz CT molecular complexity index is 532. The third kappa shape index (κ3) is 3.73. The van der Waals surface area contributed by atoms with Crippen molar-refractivity contribution in [3.63, 3.8) is 0 Å². The van der Waals surface area contributed by atoms with Crippen LogP contribution >= 0.6 is 9.39 Å². The molecule has 0 saturated carbocycles. The van der Waals surface area contributed by atoms with Gasteiger partial charge in [-0.15, -0.1) is 0 Å². The van der Waals surface area contributed by atoms with Gasteiger partial charge in [-0.25, -0.2) is 8.42 Å². The summed E-state index contributed by atoms with van der Waals surface area (Å²) in [6.07, 6.45) is 3.08.